The number of carbonyl (C=O) groups excluding carboxylic acids is 1. The van der Waals surface area contributed by atoms with Crippen molar-refractivity contribution in [3.05, 3.63) is 58.1 Å². The molecule has 9 nitrogen and oxygen atoms in total. The van der Waals surface area contributed by atoms with Gasteiger partial charge in [-0.15, -0.1) is 0 Å². The lowest BCUT2D eigenvalue weighted by Gasteiger charge is -2.49. The minimum Gasteiger partial charge on any atom is -0.487 e. The fourth-order valence-corrected chi connectivity index (χ4v) is 9.97. The monoisotopic (exact) mass is 713 g/mol. The zero-order chi connectivity index (χ0) is 34.1. The number of ether oxygens (including phenoxy) is 3. The topological polar surface area (TPSA) is 97.4 Å². The Labute approximate surface area is 297 Å². The molecule has 5 atom stereocenters. The summed E-state index contributed by atoms with van der Waals surface area (Å²) in [4.78, 5) is 18.4. The number of hydrogen-bond acceptors (Lipinski definition) is 8. The van der Waals surface area contributed by atoms with Crippen molar-refractivity contribution in [2.24, 2.45) is 23.7 Å². The molecular weight excluding hydrogens is 662 g/mol. The molecule has 49 heavy (non-hydrogen) atoms. The molecule has 1 amide bonds. The van der Waals surface area contributed by atoms with Gasteiger partial charge in [-0.3, -0.25) is 9.69 Å². The Bertz CT molecular complexity index is 1590. The van der Waals surface area contributed by atoms with Gasteiger partial charge in [0.1, 0.15) is 12.4 Å². The molecule has 0 radical (unpaired) electrons. The summed E-state index contributed by atoms with van der Waals surface area (Å²) in [6.45, 7) is 9.35. The number of nitrogens with one attached hydrogen (secondary N) is 1. The number of hydrogen-bond donors (Lipinski definition) is 1. The van der Waals surface area contributed by atoms with Crippen LogP contribution in [0.3, 0.4) is 0 Å². The third-order valence-corrected chi connectivity index (χ3v) is 14.3. The third-order valence-electron chi connectivity index (χ3n) is 12.1. The second-order valence-electron chi connectivity index (χ2n) is 15.1. The highest BCUT2D eigenvalue weighted by Crippen LogP contribution is 2.46. The van der Waals surface area contributed by atoms with Crippen LogP contribution in [0.25, 0.3) is 0 Å². The highest BCUT2D eigenvalue weighted by atomic mass is 35.5. The highest BCUT2D eigenvalue weighted by molar-refractivity contribution is 7.90. The predicted molar refractivity (Wildman–Crippen MR) is 192 cm³/mol. The van der Waals surface area contributed by atoms with E-state index in [-0.39, 0.29) is 18.1 Å². The number of amides is 1. The minimum absolute atomic E-state index is 0.117. The molecule has 5 aliphatic rings. The van der Waals surface area contributed by atoms with E-state index >= 15 is 0 Å². The lowest BCUT2D eigenvalue weighted by molar-refractivity contribution is -0.246. The summed E-state index contributed by atoms with van der Waals surface area (Å²) in [6.07, 6.45) is 8.69. The second kappa shape index (κ2) is 15.1. The Hall–Kier alpha value is -2.37. The van der Waals surface area contributed by atoms with Crippen molar-refractivity contribution >= 4 is 33.2 Å². The Morgan fingerprint density at radius 3 is 2.41 bits per heavy atom. The summed E-state index contributed by atoms with van der Waals surface area (Å²) >= 11 is 6.38. The molecule has 0 unspecified atom stereocenters. The summed E-state index contributed by atoms with van der Waals surface area (Å²) in [5, 5.41) is 0.00831. The lowest BCUT2D eigenvalue weighted by Crippen LogP contribution is -2.55. The van der Waals surface area contributed by atoms with Crippen LogP contribution < -0.4 is 14.4 Å². The first-order valence-corrected chi connectivity index (χ1v) is 20.4. The molecule has 2 aromatic rings. The van der Waals surface area contributed by atoms with E-state index < -0.39 is 21.2 Å². The first kappa shape index (κ1) is 35.1. The zero-order valence-corrected chi connectivity index (χ0v) is 30.5. The minimum atomic E-state index is -3.90. The molecule has 4 aliphatic heterocycles. The Morgan fingerprint density at radius 1 is 0.857 bits per heavy atom. The SMILES string of the molecule is C[C@@H]1[C@@H](C)CCC[C@H]([C@H]2OC[C@@H](N3CCC3)CO2)[C@@H]2CC[C@H]2CN2CCCCc3cc(Cl)ccc3COc3ccc(cc32)C(=O)NS1(=O)=O. The van der Waals surface area contributed by atoms with Crippen molar-refractivity contribution in [3.63, 3.8) is 0 Å². The highest BCUT2D eigenvalue weighted by Gasteiger charge is 2.44. The molecule has 1 aliphatic carbocycles. The van der Waals surface area contributed by atoms with Crippen molar-refractivity contribution in [2.45, 2.75) is 95.8 Å². The summed E-state index contributed by atoms with van der Waals surface area (Å²) in [7, 11) is -3.90. The fourth-order valence-electron chi connectivity index (χ4n) is 8.47. The van der Waals surface area contributed by atoms with Crippen molar-refractivity contribution in [2.75, 3.05) is 44.3 Å². The molecule has 7 rings (SSSR count). The fraction of sp³-hybridized carbons (Fsp3) is 0.658. The molecule has 268 valence electrons. The standard InChI is InChI=1S/C38H52ClN3O6S/c1-25-7-5-9-34(38-47-23-32(24-48-38)41-17-6-18-41)33-14-11-29(33)21-42-16-4-3-8-27-19-31(39)13-10-30(27)22-46-36-15-12-28(20-35(36)42)37(43)40-49(44,45)26(25)2/h10,12-13,15,19-20,25-26,29,32-34,38H,3-9,11,14,16-18,21-24H2,1-2H3,(H,40,43)/t25-,26+,29-,32-,33+,34-,38+/m0/s1. The van der Waals surface area contributed by atoms with Gasteiger partial charge in [-0.1, -0.05) is 31.0 Å². The van der Waals surface area contributed by atoms with Gasteiger partial charge in [-0.05, 0) is 131 Å². The normalized spacial score (nSPS) is 32.9. The van der Waals surface area contributed by atoms with E-state index in [1.807, 2.05) is 37.3 Å². The molecule has 3 fully saturated rings. The van der Waals surface area contributed by atoms with E-state index in [1.165, 1.54) is 12.0 Å². The molecule has 2 saturated heterocycles. The molecule has 0 aromatic heterocycles. The van der Waals surface area contributed by atoms with Gasteiger partial charge in [0.25, 0.3) is 5.91 Å². The maximum Gasteiger partial charge on any atom is 0.264 e. The van der Waals surface area contributed by atoms with E-state index in [0.29, 0.717) is 49.0 Å². The van der Waals surface area contributed by atoms with Crippen molar-refractivity contribution in [1.29, 1.82) is 0 Å². The number of rotatable bonds is 2. The molecule has 1 saturated carbocycles. The molecule has 11 heteroatoms. The quantitative estimate of drug-likeness (QED) is 0.381. The van der Waals surface area contributed by atoms with Crippen LogP contribution in [0, 0.1) is 23.7 Å². The molecule has 4 heterocycles. The molecule has 1 N–H and O–H groups in total. The number of halogens is 1. The Balaban J connectivity index is 1.20. The average molecular weight is 714 g/mol. The van der Waals surface area contributed by atoms with E-state index in [1.54, 1.807) is 13.0 Å². The largest absolute Gasteiger partial charge is 0.487 e. The smallest absolute Gasteiger partial charge is 0.264 e. The summed E-state index contributed by atoms with van der Waals surface area (Å²) < 4.78 is 48.9. The first-order valence-electron chi connectivity index (χ1n) is 18.5. The first-order chi connectivity index (χ1) is 23.7. The Morgan fingerprint density at radius 2 is 1.67 bits per heavy atom. The Kier molecular flexibility index (Phi) is 10.8. The van der Waals surface area contributed by atoms with E-state index in [9.17, 15) is 13.2 Å². The van der Waals surface area contributed by atoms with Crippen LogP contribution in [0.2, 0.25) is 5.02 Å². The average Bonchev–Trinajstić information content (AvgIpc) is 3.08. The second-order valence-corrected chi connectivity index (χ2v) is 17.6. The number of likely N-dealkylation sites (tertiary alicyclic amines) is 1. The number of fused-ring (bicyclic) bond motifs is 3. The molecule has 2 bridgehead atoms. The third kappa shape index (κ3) is 7.78. The summed E-state index contributed by atoms with van der Waals surface area (Å²) in [6, 6.07) is 11.6. The van der Waals surface area contributed by atoms with Gasteiger partial charge < -0.3 is 19.1 Å². The van der Waals surface area contributed by atoms with Crippen LogP contribution in [0.1, 0.15) is 86.7 Å². The molecular formula is C38H52ClN3O6S. The van der Waals surface area contributed by atoms with Crippen LogP contribution in [-0.4, -0.2) is 76.2 Å². The van der Waals surface area contributed by atoms with Crippen LogP contribution in [-0.2, 0) is 32.5 Å². The van der Waals surface area contributed by atoms with E-state index in [0.717, 1.165) is 93.8 Å². The van der Waals surface area contributed by atoms with Gasteiger partial charge in [0.15, 0.2) is 6.29 Å². The zero-order valence-electron chi connectivity index (χ0n) is 28.9. The van der Waals surface area contributed by atoms with E-state index in [4.69, 9.17) is 25.8 Å². The van der Waals surface area contributed by atoms with Gasteiger partial charge in [0.2, 0.25) is 10.0 Å². The maximum absolute atomic E-state index is 13.5. The number of anilines is 1. The van der Waals surface area contributed by atoms with Crippen molar-refractivity contribution in [1.82, 2.24) is 9.62 Å². The van der Waals surface area contributed by atoms with Crippen LogP contribution in [0.5, 0.6) is 5.75 Å². The van der Waals surface area contributed by atoms with Gasteiger partial charge >= 0.3 is 0 Å². The van der Waals surface area contributed by atoms with Crippen LogP contribution >= 0.6 is 11.6 Å². The number of nitrogens with zero attached hydrogens (tertiary/aromatic N) is 2. The lowest BCUT2D eigenvalue weighted by atomic mass is 9.65. The summed E-state index contributed by atoms with van der Waals surface area (Å²) in [5.41, 5.74) is 3.44. The van der Waals surface area contributed by atoms with Gasteiger partial charge in [0.05, 0.1) is 30.2 Å². The predicted octanol–water partition coefficient (Wildman–Crippen LogP) is 6.42. The maximum atomic E-state index is 13.5. The van der Waals surface area contributed by atoms with E-state index in [2.05, 4.69) is 14.5 Å². The number of aryl methyl sites for hydroxylation is 1. The number of benzene rings is 2. The van der Waals surface area contributed by atoms with Crippen LogP contribution in [0.15, 0.2) is 36.4 Å². The number of carbonyl (C=O) groups is 1. The number of sulfonamides is 1. The van der Waals surface area contributed by atoms with Gasteiger partial charge in [0, 0.05) is 29.6 Å². The summed E-state index contributed by atoms with van der Waals surface area (Å²) in [5.74, 6) is 1.10. The van der Waals surface area contributed by atoms with Crippen molar-refractivity contribution < 1.29 is 27.4 Å². The van der Waals surface area contributed by atoms with Crippen molar-refractivity contribution in [3.8, 4) is 5.75 Å². The van der Waals surface area contributed by atoms with Gasteiger partial charge in [-0.25, -0.2) is 13.1 Å². The molecule has 2 aromatic carbocycles. The van der Waals surface area contributed by atoms with Crippen LogP contribution in [0.4, 0.5) is 5.69 Å². The van der Waals surface area contributed by atoms with Gasteiger partial charge in [-0.2, -0.15) is 0 Å². The molecule has 0 spiro atoms.